The van der Waals surface area contributed by atoms with Gasteiger partial charge >= 0.3 is 0 Å². The highest BCUT2D eigenvalue weighted by atomic mass is 16.5. The standard InChI is InChI=1S/C9H15N3O/c10-5-1-2-7-13-8-4-3-6-12-9(8)11/h3-4,6H,1-2,5,7,10H2,(H2,11,12). The molecular formula is C9H15N3O. The maximum Gasteiger partial charge on any atom is 0.166 e. The molecule has 0 radical (unpaired) electrons. The monoisotopic (exact) mass is 181 g/mol. The van der Waals surface area contributed by atoms with Crippen molar-refractivity contribution >= 4 is 5.82 Å². The van der Waals surface area contributed by atoms with Crippen LogP contribution in [-0.4, -0.2) is 18.1 Å². The lowest BCUT2D eigenvalue weighted by Gasteiger charge is -2.06. The third kappa shape index (κ3) is 3.29. The highest BCUT2D eigenvalue weighted by Crippen LogP contribution is 2.16. The van der Waals surface area contributed by atoms with Crippen molar-refractivity contribution in [3.05, 3.63) is 18.3 Å². The molecule has 0 aliphatic heterocycles. The van der Waals surface area contributed by atoms with E-state index < -0.39 is 0 Å². The van der Waals surface area contributed by atoms with Crippen molar-refractivity contribution in [3.8, 4) is 5.75 Å². The van der Waals surface area contributed by atoms with Crippen LogP contribution in [0.25, 0.3) is 0 Å². The number of pyridine rings is 1. The minimum Gasteiger partial charge on any atom is -0.490 e. The fourth-order valence-corrected chi connectivity index (χ4v) is 0.953. The van der Waals surface area contributed by atoms with Crippen molar-refractivity contribution in [2.24, 2.45) is 5.73 Å². The van der Waals surface area contributed by atoms with Crippen LogP contribution in [0, 0.1) is 0 Å². The second kappa shape index (κ2) is 5.37. The average molecular weight is 181 g/mol. The molecule has 0 atom stereocenters. The molecule has 0 fully saturated rings. The highest BCUT2D eigenvalue weighted by molar-refractivity contribution is 5.44. The van der Waals surface area contributed by atoms with Gasteiger partial charge in [0.2, 0.25) is 0 Å². The Balaban J connectivity index is 2.32. The lowest BCUT2D eigenvalue weighted by atomic mass is 10.3. The number of rotatable bonds is 5. The van der Waals surface area contributed by atoms with Crippen LogP contribution in [0.4, 0.5) is 5.82 Å². The second-order valence-corrected chi connectivity index (χ2v) is 2.73. The van der Waals surface area contributed by atoms with Crippen molar-refractivity contribution in [2.75, 3.05) is 18.9 Å². The molecule has 0 aromatic carbocycles. The Hall–Kier alpha value is -1.29. The normalized spacial score (nSPS) is 9.92. The second-order valence-electron chi connectivity index (χ2n) is 2.73. The minimum atomic E-state index is 0.440. The molecule has 0 bridgehead atoms. The molecule has 4 heteroatoms. The largest absolute Gasteiger partial charge is 0.490 e. The molecule has 0 spiro atoms. The summed E-state index contributed by atoms with van der Waals surface area (Å²) in [6.45, 7) is 1.35. The van der Waals surface area contributed by atoms with Crippen LogP contribution in [0.3, 0.4) is 0 Å². The zero-order valence-corrected chi connectivity index (χ0v) is 7.57. The SMILES string of the molecule is NCCCCOc1cccnc1N. The number of aromatic nitrogens is 1. The summed E-state index contributed by atoms with van der Waals surface area (Å²) in [5, 5.41) is 0. The zero-order valence-electron chi connectivity index (χ0n) is 7.57. The Bertz CT molecular complexity index is 252. The Morgan fingerprint density at radius 3 is 2.92 bits per heavy atom. The van der Waals surface area contributed by atoms with Crippen LogP contribution < -0.4 is 16.2 Å². The minimum absolute atomic E-state index is 0.440. The van der Waals surface area contributed by atoms with E-state index in [1.54, 1.807) is 12.3 Å². The first-order chi connectivity index (χ1) is 6.34. The van der Waals surface area contributed by atoms with Gasteiger partial charge in [-0.2, -0.15) is 0 Å². The molecule has 0 aliphatic rings. The first kappa shape index (κ1) is 9.80. The maximum atomic E-state index is 5.57. The topological polar surface area (TPSA) is 74.2 Å². The molecule has 0 aliphatic carbocycles. The fraction of sp³-hybridized carbons (Fsp3) is 0.444. The van der Waals surface area contributed by atoms with E-state index in [2.05, 4.69) is 4.98 Å². The number of nitrogen functional groups attached to an aromatic ring is 1. The smallest absolute Gasteiger partial charge is 0.166 e. The molecule has 13 heavy (non-hydrogen) atoms. The van der Waals surface area contributed by atoms with Gasteiger partial charge in [-0.05, 0) is 31.5 Å². The van der Waals surface area contributed by atoms with Crippen LogP contribution in [-0.2, 0) is 0 Å². The molecule has 4 N–H and O–H groups in total. The van der Waals surface area contributed by atoms with Crippen molar-refractivity contribution in [1.29, 1.82) is 0 Å². The summed E-state index contributed by atoms with van der Waals surface area (Å²) < 4.78 is 5.40. The molecule has 1 rings (SSSR count). The average Bonchev–Trinajstić information content (AvgIpc) is 2.15. The van der Waals surface area contributed by atoms with Gasteiger partial charge < -0.3 is 16.2 Å². The van der Waals surface area contributed by atoms with Crippen molar-refractivity contribution in [3.63, 3.8) is 0 Å². The van der Waals surface area contributed by atoms with Crippen LogP contribution in [0.15, 0.2) is 18.3 Å². The summed E-state index contributed by atoms with van der Waals surface area (Å²) in [5.74, 6) is 1.09. The summed E-state index contributed by atoms with van der Waals surface area (Å²) in [6, 6.07) is 3.61. The van der Waals surface area contributed by atoms with E-state index in [1.165, 1.54) is 0 Å². The lowest BCUT2D eigenvalue weighted by molar-refractivity contribution is 0.308. The predicted octanol–water partition coefficient (Wildman–Crippen LogP) is 0.782. The number of hydrogen-bond acceptors (Lipinski definition) is 4. The number of hydrogen-bond donors (Lipinski definition) is 2. The molecule has 72 valence electrons. The molecule has 0 unspecified atom stereocenters. The summed E-state index contributed by atoms with van der Waals surface area (Å²) >= 11 is 0. The van der Waals surface area contributed by atoms with Gasteiger partial charge in [-0.3, -0.25) is 0 Å². The number of nitrogens with two attached hydrogens (primary N) is 2. The van der Waals surface area contributed by atoms with E-state index in [0.29, 0.717) is 24.7 Å². The van der Waals surface area contributed by atoms with Gasteiger partial charge in [0.05, 0.1) is 6.61 Å². The van der Waals surface area contributed by atoms with Gasteiger partial charge in [-0.25, -0.2) is 4.98 Å². The van der Waals surface area contributed by atoms with Crippen molar-refractivity contribution < 1.29 is 4.74 Å². The zero-order chi connectivity index (χ0) is 9.52. The van der Waals surface area contributed by atoms with E-state index in [0.717, 1.165) is 12.8 Å². The van der Waals surface area contributed by atoms with E-state index in [4.69, 9.17) is 16.2 Å². The lowest BCUT2D eigenvalue weighted by Crippen LogP contribution is -2.05. The molecular weight excluding hydrogens is 166 g/mol. The van der Waals surface area contributed by atoms with Gasteiger partial charge in [0, 0.05) is 6.20 Å². The molecule has 4 nitrogen and oxygen atoms in total. The molecule has 1 aromatic heterocycles. The Labute approximate surface area is 77.9 Å². The van der Waals surface area contributed by atoms with E-state index in [-0.39, 0.29) is 0 Å². The number of nitrogens with zero attached hydrogens (tertiary/aromatic N) is 1. The molecule has 1 heterocycles. The first-order valence-electron chi connectivity index (χ1n) is 4.38. The van der Waals surface area contributed by atoms with Crippen molar-refractivity contribution in [2.45, 2.75) is 12.8 Å². The summed E-state index contributed by atoms with van der Waals surface area (Å²) in [6.07, 6.45) is 3.56. The maximum absolute atomic E-state index is 5.57. The summed E-state index contributed by atoms with van der Waals surface area (Å²) in [4.78, 5) is 3.91. The van der Waals surface area contributed by atoms with Crippen LogP contribution >= 0.6 is 0 Å². The number of anilines is 1. The van der Waals surface area contributed by atoms with E-state index in [1.807, 2.05) is 6.07 Å². The van der Waals surface area contributed by atoms with Gasteiger partial charge in [0.25, 0.3) is 0 Å². The van der Waals surface area contributed by atoms with Gasteiger partial charge in [-0.15, -0.1) is 0 Å². The Morgan fingerprint density at radius 1 is 1.38 bits per heavy atom. The van der Waals surface area contributed by atoms with Gasteiger partial charge in [0.15, 0.2) is 11.6 Å². The fourth-order valence-electron chi connectivity index (χ4n) is 0.953. The quantitative estimate of drug-likeness (QED) is 0.658. The predicted molar refractivity (Wildman–Crippen MR) is 52.4 cm³/mol. The third-order valence-corrected chi connectivity index (χ3v) is 1.66. The molecule has 0 saturated carbocycles. The Morgan fingerprint density at radius 2 is 2.23 bits per heavy atom. The summed E-state index contributed by atoms with van der Waals surface area (Å²) in [5.41, 5.74) is 10.9. The van der Waals surface area contributed by atoms with E-state index in [9.17, 15) is 0 Å². The first-order valence-corrected chi connectivity index (χ1v) is 4.38. The highest BCUT2D eigenvalue weighted by Gasteiger charge is 1.98. The van der Waals surface area contributed by atoms with Gasteiger partial charge in [0.1, 0.15) is 0 Å². The van der Waals surface area contributed by atoms with Gasteiger partial charge in [-0.1, -0.05) is 0 Å². The molecule has 1 aromatic rings. The number of unbranched alkanes of at least 4 members (excludes halogenated alkanes) is 1. The van der Waals surface area contributed by atoms with Crippen LogP contribution in [0.2, 0.25) is 0 Å². The number of ether oxygens (including phenoxy) is 1. The molecule has 0 amide bonds. The third-order valence-electron chi connectivity index (χ3n) is 1.66. The molecule has 0 saturated heterocycles. The van der Waals surface area contributed by atoms with E-state index >= 15 is 0 Å². The van der Waals surface area contributed by atoms with Crippen LogP contribution in [0.1, 0.15) is 12.8 Å². The summed E-state index contributed by atoms with van der Waals surface area (Å²) in [7, 11) is 0. The Kier molecular flexibility index (Phi) is 4.05. The van der Waals surface area contributed by atoms with Crippen LogP contribution in [0.5, 0.6) is 5.75 Å². The van der Waals surface area contributed by atoms with Crippen molar-refractivity contribution in [1.82, 2.24) is 4.98 Å².